The van der Waals surface area contributed by atoms with Gasteiger partial charge in [-0.2, -0.15) is 0 Å². The molecule has 18 heavy (non-hydrogen) atoms. The molecule has 0 heterocycles. The first-order valence-corrected chi connectivity index (χ1v) is 7.01. The van der Waals surface area contributed by atoms with Gasteiger partial charge in [-0.05, 0) is 51.3 Å². The zero-order valence-electron chi connectivity index (χ0n) is 12.3. The lowest BCUT2D eigenvalue weighted by atomic mass is 10.0. The van der Waals surface area contributed by atoms with Crippen LogP contribution in [-0.2, 0) is 6.42 Å². The molecule has 100 valence electrons. The Bertz CT molecular complexity index is 357. The summed E-state index contributed by atoms with van der Waals surface area (Å²) in [5.41, 5.74) is 4.13. The molecule has 1 aromatic carbocycles. The van der Waals surface area contributed by atoms with E-state index < -0.39 is 0 Å². The predicted molar refractivity (Wildman–Crippen MR) is 81.1 cm³/mol. The summed E-state index contributed by atoms with van der Waals surface area (Å²) in [5, 5.41) is 3.45. The Morgan fingerprint density at radius 3 is 2.33 bits per heavy atom. The largest absolute Gasteiger partial charge is 0.316 e. The van der Waals surface area contributed by atoms with Gasteiger partial charge in [-0.25, -0.2) is 0 Å². The minimum absolute atomic E-state index is 0.740. The molecule has 0 spiro atoms. The Morgan fingerprint density at radius 1 is 1.06 bits per heavy atom. The quantitative estimate of drug-likeness (QED) is 0.565. The molecule has 0 fully saturated rings. The second kappa shape index (κ2) is 8.10. The molecule has 0 unspecified atom stereocenters. The third-order valence-corrected chi connectivity index (χ3v) is 2.84. The third-order valence-electron chi connectivity index (χ3n) is 2.84. The van der Waals surface area contributed by atoms with E-state index in [2.05, 4.69) is 63.4 Å². The van der Waals surface area contributed by atoms with Crippen molar-refractivity contribution < 1.29 is 0 Å². The van der Waals surface area contributed by atoms with Crippen molar-refractivity contribution in [3.05, 3.63) is 47.0 Å². The van der Waals surface area contributed by atoms with E-state index in [1.807, 2.05) is 0 Å². The molecule has 0 radical (unpaired) electrons. The van der Waals surface area contributed by atoms with E-state index in [1.54, 1.807) is 0 Å². The Hall–Kier alpha value is -1.08. The number of allylic oxidation sites excluding steroid dienone is 1. The minimum Gasteiger partial charge on any atom is -0.316 e. The van der Waals surface area contributed by atoms with Gasteiger partial charge in [0.1, 0.15) is 0 Å². The van der Waals surface area contributed by atoms with Crippen LogP contribution in [-0.4, -0.2) is 13.1 Å². The predicted octanol–water partition coefficient (Wildman–Crippen LogP) is 4.04. The van der Waals surface area contributed by atoms with Gasteiger partial charge >= 0.3 is 0 Å². The monoisotopic (exact) mass is 245 g/mol. The maximum atomic E-state index is 3.45. The van der Waals surface area contributed by atoms with Gasteiger partial charge in [-0.3, -0.25) is 0 Å². The average Bonchev–Trinajstić information content (AvgIpc) is 2.26. The first-order chi connectivity index (χ1) is 8.58. The van der Waals surface area contributed by atoms with E-state index in [1.165, 1.54) is 16.7 Å². The zero-order chi connectivity index (χ0) is 13.4. The molecule has 1 N–H and O–H groups in total. The van der Waals surface area contributed by atoms with Gasteiger partial charge in [0.25, 0.3) is 0 Å². The molecule has 0 saturated carbocycles. The number of hydrogen-bond donors (Lipinski definition) is 1. The van der Waals surface area contributed by atoms with Gasteiger partial charge < -0.3 is 5.32 Å². The van der Waals surface area contributed by atoms with Crippen LogP contribution < -0.4 is 5.32 Å². The first kappa shape index (κ1) is 15.0. The van der Waals surface area contributed by atoms with Gasteiger partial charge in [0, 0.05) is 0 Å². The highest BCUT2D eigenvalue weighted by Crippen LogP contribution is 2.09. The molecule has 1 rings (SSSR count). The summed E-state index contributed by atoms with van der Waals surface area (Å²) >= 11 is 0. The summed E-state index contributed by atoms with van der Waals surface area (Å²) < 4.78 is 0. The molecule has 0 aliphatic rings. The SMILES string of the molecule is Cc1cc(C)cc(CC=CCCNCC(C)C)c1. The average molecular weight is 245 g/mol. The highest BCUT2D eigenvalue weighted by Gasteiger charge is 1.94. The molecule has 1 heteroatoms. The fourth-order valence-corrected chi connectivity index (χ4v) is 2.10. The summed E-state index contributed by atoms with van der Waals surface area (Å²) in [6.45, 7) is 11.0. The fraction of sp³-hybridized carbons (Fsp3) is 0.529. The van der Waals surface area contributed by atoms with E-state index in [0.717, 1.165) is 31.8 Å². The topological polar surface area (TPSA) is 12.0 Å². The summed E-state index contributed by atoms with van der Waals surface area (Å²) in [4.78, 5) is 0. The van der Waals surface area contributed by atoms with Crippen molar-refractivity contribution in [2.75, 3.05) is 13.1 Å². The summed E-state index contributed by atoms with van der Waals surface area (Å²) in [6, 6.07) is 6.77. The van der Waals surface area contributed by atoms with Crippen molar-refractivity contribution in [1.29, 1.82) is 0 Å². The number of benzene rings is 1. The van der Waals surface area contributed by atoms with E-state index in [9.17, 15) is 0 Å². The van der Waals surface area contributed by atoms with Crippen molar-refractivity contribution in [3.63, 3.8) is 0 Å². The molecule has 0 bridgehead atoms. The van der Waals surface area contributed by atoms with Crippen molar-refractivity contribution in [3.8, 4) is 0 Å². The van der Waals surface area contributed by atoms with E-state index in [0.29, 0.717) is 0 Å². The summed E-state index contributed by atoms with van der Waals surface area (Å²) in [7, 11) is 0. The van der Waals surface area contributed by atoms with E-state index in [4.69, 9.17) is 0 Å². The van der Waals surface area contributed by atoms with E-state index in [-0.39, 0.29) is 0 Å². The van der Waals surface area contributed by atoms with Crippen LogP contribution in [0.3, 0.4) is 0 Å². The molecule has 0 amide bonds. The lowest BCUT2D eigenvalue weighted by Crippen LogP contribution is -2.20. The normalized spacial score (nSPS) is 11.6. The fourth-order valence-electron chi connectivity index (χ4n) is 2.10. The Morgan fingerprint density at radius 2 is 1.72 bits per heavy atom. The van der Waals surface area contributed by atoms with Crippen molar-refractivity contribution in [2.24, 2.45) is 5.92 Å². The van der Waals surface area contributed by atoms with Crippen LogP contribution >= 0.6 is 0 Å². The second-order valence-electron chi connectivity index (χ2n) is 5.56. The van der Waals surface area contributed by atoms with Gasteiger partial charge in [-0.15, -0.1) is 0 Å². The molecule has 1 nitrogen and oxygen atoms in total. The molecule has 0 aromatic heterocycles. The van der Waals surface area contributed by atoms with Gasteiger partial charge in [-0.1, -0.05) is 55.3 Å². The molecule has 0 atom stereocenters. The molecular formula is C17H27N. The maximum absolute atomic E-state index is 3.45. The number of hydrogen-bond acceptors (Lipinski definition) is 1. The van der Waals surface area contributed by atoms with Crippen molar-refractivity contribution in [2.45, 2.75) is 40.5 Å². The standard InChI is InChI=1S/C17H27N/c1-14(2)13-18-9-7-5-6-8-17-11-15(3)10-16(4)12-17/h5-6,10-12,14,18H,7-9,13H2,1-4H3. The highest BCUT2D eigenvalue weighted by molar-refractivity contribution is 5.29. The molecule has 0 aliphatic heterocycles. The Balaban J connectivity index is 2.23. The smallest absolute Gasteiger partial charge is 0.00142 e. The van der Waals surface area contributed by atoms with Crippen LogP contribution in [0.2, 0.25) is 0 Å². The van der Waals surface area contributed by atoms with Crippen LogP contribution in [0, 0.1) is 19.8 Å². The van der Waals surface area contributed by atoms with Crippen LogP contribution in [0.15, 0.2) is 30.4 Å². The number of aryl methyl sites for hydroxylation is 2. The third kappa shape index (κ3) is 6.61. The molecule has 1 aromatic rings. The van der Waals surface area contributed by atoms with Crippen LogP contribution in [0.4, 0.5) is 0 Å². The van der Waals surface area contributed by atoms with Crippen molar-refractivity contribution in [1.82, 2.24) is 5.32 Å². The molecule has 0 saturated heterocycles. The summed E-state index contributed by atoms with van der Waals surface area (Å²) in [5.74, 6) is 0.740. The van der Waals surface area contributed by atoms with Crippen molar-refractivity contribution >= 4 is 0 Å². The first-order valence-electron chi connectivity index (χ1n) is 7.01. The van der Waals surface area contributed by atoms with Crippen LogP contribution in [0.1, 0.15) is 37.0 Å². The van der Waals surface area contributed by atoms with Gasteiger partial charge in [0.15, 0.2) is 0 Å². The van der Waals surface area contributed by atoms with Crippen LogP contribution in [0.5, 0.6) is 0 Å². The molecular weight excluding hydrogens is 218 g/mol. The summed E-state index contributed by atoms with van der Waals surface area (Å²) in [6.07, 6.45) is 6.74. The zero-order valence-corrected chi connectivity index (χ0v) is 12.3. The number of rotatable bonds is 7. The maximum Gasteiger partial charge on any atom is -0.00142 e. The van der Waals surface area contributed by atoms with Gasteiger partial charge in [0.2, 0.25) is 0 Å². The minimum atomic E-state index is 0.740. The van der Waals surface area contributed by atoms with Crippen LogP contribution in [0.25, 0.3) is 0 Å². The Kier molecular flexibility index (Phi) is 6.74. The number of nitrogens with one attached hydrogen (secondary N) is 1. The lowest BCUT2D eigenvalue weighted by Gasteiger charge is -2.05. The second-order valence-corrected chi connectivity index (χ2v) is 5.56. The highest BCUT2D eigenvalue weighted by atomic mass is 14.8. The van der Waals surface area contributed by atoms with Gasteiger partial charge in [0.05, 0.1) is 0 Å². The lowest BCUT2D eigenvalue weighted by molar-refractivity contribution is 0.556. The molecule has 0 aliphatic carbocycles. The van der Waals surface area contributed by atoms with E-state index >= 15 is 0 Å². The Labute approximate surface area is 112 Å².